The first-order chi connectivity index (χ1) is 12.7. The lowest BCUT2D eigenvalue weighted by Gasteiger charge is -2.21. The van der Waals surface area contributed by atoms with E-state index in [4.69, 9.17) is 0 Å². The van der Waals surface area contributed by atoms with Crippen LogP contribution in [0.25, 0.3) is 0 Å². The minimum atomic E-state index is -0.263. The van der Waals surface area contributed by atoms with E-state index in [1.54, 1.807) is 6.07 Å². The van der Waals surface area contributed by atoms with Gasteiger partial charge in [0.1, 0.15) is 0 Å². The first-order valence-corrected chi connectivity index (χ1v) is 8.66. The lowest BCUT2D eigenvalue weighted by Crippen LogP contribution is -2.24. The molecule has 0 saturated heterocycles. The number of nitrogens with one attached hydrogen (secondary N) is 1. The van der Waals surface area contributed by atoms with E-state index in [2.05, 4.69) is 39.5 Å². The number of nitrogens with zero attached hydrogens (tertiary/aromatic N) is 3. The van der Waals surface area contributed by atoms with Crippen LogP contribution in [-0.4, -0.2) is 22.6 Å². The lowest BCUT2D eigenvalue weighted by atomic mass is 10.2. The summed E-state index contributed by atoms with van der Waals surface area (Å²) in [7, 11) is 0. The Balaban J connectivity index is 1.69. The summed E-state index contributed by atoms with van der Waals surface area (Å²) in [5.41, 5.74) is 3.34. The smallest absolute Gasteiger partial charge is 0.276 e. The Labute approximate surface area is 153 Å². The van der Waals surface area contributed by atoms with Gasteiger partial charge in [-0.25, -0.2) is 0 Å². The molecule has 0 radical (unpaired) electrons. The molecule has 132 valence electrons. The van der Waals surface area contributed by atoms with Gasteiger partial charge in [-0.3, -0.25) is 4.79 Å². The van der Waals surface area contributed by atoms with Crippen molar-refractivity contribution in [2.24, 2.45) is 0 Å². The third-order valence-corrected chi connectivity index (χ3v) is 4.08. The van der Waals surface area contributed by atoms with Crippen molar-refractivity contribution in [2.45, 2.75) is 20.4 Å². The monoisotopic (exact) mass is 346 g/mol. The van der Waals surface area contributed by atoms with Gasteiger partial charge < -0.3 is 10.2 Å². The van der Waals surface area contributed by atoms with E-state index in [-0.39, 0.29) is 5.91 Å². The molecule has 1 amide bonds. The summed E-state index contributed by atoms with van der Waals surface area (Å²) >= 11 is 0. The molecule has 5 nitrogen and oxygen atoms in total. The second-order valence-corrected chi connectivity index (χ2v) is 6.10. The minimum Gasteiger partial charge on any atom is -0.351 e. The van der Waals surface area contributed by atoms with Crippen LogP contribution in [0.15, 0.2) is 66.7 Å². The van der Waals surface area contributed by atoms with Crippen molar-refractivity contribution in [1.82, 2.24) is 10.2 Å². The van der Waals surface area contributed by atoms with E-state index >= 15 is 0 Å². The summed E-state index contributed by atoms with van der Waals surface area (Å²) in [6, 6.07) is 21.4. The first kappa shape index (κ1) is 17.6. The van der Waals surface area contributed by atoms with Crippen LogP contribution in [0, 0.1) is 6.92 Å². The Hall–Kier alpha value is -3.21. The van der Waals surface area contributed by atoms with Gasteiger partial charge in [0.15, 0.2) is 11.5 Å². The Morgan fingerprint density at radius 2 is 1.81 bits per heavy atom. The van der Waals surface area contributed by atoms with Crippen LogP contribution in [0.3, 0.4) is 0 Å². The van der Waals surface area contributed by atoms with Crippen molar-refractivity contribution in [2.75, 3.05) is 16.8 Å². The van der Waals surface area contributed by atoms with Crippen molar-refractivity contribution in [1.29, 1.82) is 0 Å². The SMILES string of the molecule is CCN(Cc1ccccc1)c1ccc(C(=O)Nc2cccc(C)c2)nn1. The van der Waals surface area contributed by atoms with E-state index in [0.717, 1.165) is 30.2 Å². The highest BCUT2D eigenvalue weighted by molar-refractivity contribution is 6.02. The number of hydrogen-bond donors (Lipinski definition) is 1. The average molecular weight is 346 g/mol. The molecule has 0 bridgehead atoms. The molecule has 0 fully saturated rings. The highest BCUT2D eigenvalue weighted by Crippen LogP contribution is 2.15. The zero-order valence-corrected chi connectivity index (χ0v) is 15.0. The molecule has 0 aliphatic carbocycles. The van der Waals surface area contributed by atoms with Gasteiger partial charge in [0.25, 0.3) is 5.91 Å². The third-order valence-electron chi connectivity index (χ3n) is 4.08. The topological polar surface area (TPSA) is 58.1 Å². The lowest BCUT2D eigenvalue weighted by molar-refractivity contribution is 0.102. The number of aryl methyl sites for hydroxylation is 1. The maximum atomic E-state index is 12.3. The maximum absolute atomic E-state index is 12.3. The quantitative estimate of drug-likeness (QED) is 0.731. The van der Waals surface area contributed by atoms with Crippen molar-refractivity contribution in [3.63, 3.8) is 0 Å². The van der Waals surface area contributed by atoms with E-state index in [9.17, 15) is 4.79 Å². The summed E-state index contributed by atoms with van der Waals surface area (Å²) < 4.78 is 0. The van der Waals surface area contributed by atoms with Gasteiger partial charge in [0.2, 0.25) is 0 Å². The summed E-state index contributed by atoms with van der Waals surface area (Å²) in [5, 5.41) is 11.2. The van der Waals surface area contributed by atoms with Gasteiger partial charge >= 0.3 is 0 Å². The fourth-order valence-electron chi connectivity index (χ4n) is 2.69. The molecule has 0 spiro atoms. The third kappa shape index (κ3) is 4.45. The van der Waals surface area contributed by atoms with Crippen molar-refractivity contribution >= 4 is 17.4 Å². The second-order valence-electron chi connectivity index (χ2n) is 6.10. The van der Waals surface area contributed by atoms with Crippen molar-refractivity contribution in [3.05, 3.63) is 83.6 Å². The van der Waals surface area contributed by atoms with E-state index in [0.29, 0.717) is 5.69 Å². The van der Waals surface area contributed by atoms with Gasteiger partial charge in [-0.1, -0.05) is 42.5 Å². The van der Waals surface area contributed by atoms with E-state index in [1.165, 1.54) is 5.56 Å². The molecule has 1 N–H and O–H groups in total. The molecule has 1 heterocycles. The van der Waals surface area contributed by atoms with Crippen molar-refractivity contribution in [3.8, 4) is 0 Å². The van der Waals surface area contributed by atoms with Gasteiger partial charge in [0, 0.05) is 18.8 Å². The largest absolute Gasteiger partial charge is 0.351 e. The number of hydrogen-bond acceptors (Lipinski definition) is 4. The second kappa shape index (κ2) is 8.25. The molecule has 2 aromatic carbocycles. The molecule has 0 aliphatic heterocycles. The van der Waals surface area contributed by atoms with Crippen LogP contribution in [-0.2, 0) is 6.54 Å². The Bertz CT molecular complexity index is 863. The van der Waals surface area contributed by atoms with Crippen LogP contribution < -0.4 is 10.2 Å². The number of carbonyl (C=O) groups is 1. The van der Waals surface area contributed by atoms with Crippen molar-refractivity contribution < 1.29 is 4.79 Å². The standard InChI is InChI=1S/C21H22N4O/c1-3-25(15-17-9-5-4-6-10-17)20-13-12-19(23-24-20)21(26)22-18-11-7-8-16(2)14-18/h4-14H,3,15H2,1-2H3,(H,22,26). The van der Waals surface area contributed by atoms with Crippen LogP contribution in [0.1, 0.15) is 28.5 Å². The Morgan fingerprint density at radius 3 is 2.46 bits per heavy atom. The molecule has 1 aromatic heterocycles. The fraction of sp³-hybridized carbons (Fsp3) is 0.190. The number of carbonyl (C=O) groups excluding carboxylic acids is 1. The van der Waals surface area contributed by atoms with E-state index in [1.807, 2.05) is 55.5 Å². The summed E-state index contributed by atoms with van der Waals surface area (Å²) in [5.74, 6) is 0.490. The fourth-order valence-corrected chi connectivity index (χ4v) is 2.69. The minimum absolute atomic E-state index is 0.263. The number of anilines is 2. The molecule has 0 saturated carbocycles. The maximum Gasteiger partial charge on any atom is 0.276 e. The molecule has 0 unspecified atom stereocenters. The zero-order chi connectivity index (χ0) is 18.4. The number of rotatable bonds is 6. The van der Waals surface area contributed by atoms with Gasteiger partial charge in [-0.05, 0) is 49.2 Å². The Morgan fingerprint density at radius 1 is 1.00 bits per heavy atom. The zero-order valence-electron chi connectivity index (χ0n) is 15.0. The molecule has 0 aliphatic rings. The van der Waals surface area contributed by atoms with Crippen LogP contribution >= 0.6 is 0 Å². The Kier molecular flexibility index (Phi) is 5.59. The molecule has 26 heavy (non-hydrogen) atoms. The molecule has 3 aromatic rings. The predicted molar refractivity (Wildman–Crippen MR) is 104 cm³/mol. The highest BCUT2D eigenvalue weighted by Gasteiger charge is 2.12. The summed E-state index contributed by atoms with van der Waals surface area (Å²) in [4.78, 5) is 14.5. The summed E-state index contributed by atoms with van der Waals surface area (Å²) in [6.45, 7) is 5.61. The summed E-state index contributed by atoms with van der Waals surface area (Å²) in [6.07, 6.45) is 0. The molecular weight excluding hydrogens is 324 g/mol. The predicted octanol–water partition coefficient (Wildman–Crippen LogP) is 4.06. The van der Waals surface area contributed by atoms with Crippen LogP contribution in [0.2, 0.25) is 0 Å². The number of amides is 1. The van der Waals surface area contributed by atoms with Crippen LogP contribution in [0.5, 0.6) is 0 Å². The normalized spacial score (nSPS) is 10.4. The van der Waals surface area contributed by atoms with Gasteiger partial charge in [-0.2, -0.15) is 0 Å². The van der Waals surface area contributed by atoms with E-state index < -0.39 is 0 Å². The highest BCUT2D eigenvalue weighted by atomic mass is 16.1. The van der Waals surface area contributed by atoms with Crippen LogP contribution in [0.4, 0.5) is 11.5 Å². The first-order valence-electron chi connectivity index (χ1n) is 8.66. The average Bonchev–Trinajstić information content (AvgIpc) is 2.67. The molecule has 0 atom stereocenters. The number of aromatic nitrogens is 2. The molecule has 5 heteroatoms. The number of benzene rings is 2. The molecular formula is C21H22N4O. The van der Waals surface area contributed by atoms with Gasteiger partial charge in [0.05, 0.1) is 0 Å². The van der Waals surface area contributed by atoms with Gasteiger partial charge in [-0.15, -0.1) is 10.2 Å². The molecule has 3 rings (SSSR count).